The minimum absolute atomic E-state index is 0.00281. The van der Waals surface area contributed by atoms with Gasteiger partial charge >= 0.3 is 5.97 Å². The normalized spacial score (nSPS) is 17.4. The quantitative estimate of drug-likeness (QED) is 0.314. The first-order valence-corrected chi connectivity index (χ1v) is 12.1. The van der Waals surface area contributed by atoms with Gasteiger partial charge in [-0.3, -0.25) is 14.4 Å². The van der Waals surface area contributed by atoms with Gasteiger partial charge in [-0.25, -0.2) is 0 Å². The summed E-state index contributed by atoms with van der Waals surface area (Å²) in [4.78, 5) is 35.9. The van der Waals surface area contributed by atoms with Gasteiger partial charge in [0.25, 0.3) is 5.91 Å². The number of aliphatic carboxylic acids is 1. The van der Waals surface area contributed by atoms with Gasteiger partial charge in [0, 0.05) is 36.6 Å². The van der Waals surface area contributed by atoms with Gasteiger partial charge in [0.2, 0.25) is 11.8 Å². The molecule has 0 saturated heterocycles. The summed E-state index contributed by atoms with van der Waals surface area (Å²) < 4.78 is 11.3. The molecule has 3 aromatic rings. The van der Waals surface area contributed by atoms with Gasteiger partial charge in [-0.15, -0.1) is 10.2 Å². The first kappa shape index (κ1) is 25.1. The molecule has 2 N–H and O–H groups in total. The Hall–Kier alpha value is -4.01. The SMILES string of the molecule is Cc1nnc(-c2ccc(C(=O)NCCCC(=O)c3ccc(OC4CCC(C(=O)O)CC4)cc3)cc2)o1. The van der Waals surface area contributed by atoms with Crippen molar-refractivity contribution in [3.05, 3.63) is 65.5 Å². The number of hydrogen-bond acceptors (Lipinski definition) is 7. The number of ether oxygens (including phenoxy) is 1. The number of carbonyl (C=O) groups is 3. The molecule has 9 heteroatoms. The van der Waals surface area contributed by atoms with Crippen LogP contribution in [0.1, 0.15) is 65.1 Å². The van der Waals surface area contributed by atoms with Crippen LogP contribution in [-0.4, -0.2) is 45.6 Å². The standard InChI is InChI=1S/C27H29N3O6/c1-17-29-30-26(35-17)20-6-4-19(5-7-20)25(32)28-16-2-3-24(31)18-8-12-22(13-9-18)36-23-14-10-21(11-15-23)27(33)34/h4-9,12-13,21,23H,2-3,10-11,14-16H2,1H3,(H,28,32)(H,33,34). The Labute approximate surface area is 208 Å². The second-order valence-corrected chi connectivity index (χ2v) is 8.94. The number of carbonyl (C=O) groups excluding carboxylic acids is 2. The van der Waals surface area contributed by atoms with Crippen molar-refractivity contribution in [1.82, 2.24) is 15.5 Å². The van der Waals surface area contributed by atoms with Crippen molar-refractivity contribution in [3.63, 3.8) is 0 Å². The fourth-order valence-corrected chi connectivity index (χ4v) is 4.21. The Morgan fingerprint density at radius 1 is 0.972 bits per heavy atom. The first-order chi connectivity index (χ1) is 17.4. The van der Waals surface area contributed by atoms with Gasteiger partial charge in [-0.1, -0.05) is 0 Å². The van der Waals surface area contributed by atoms with E-state index in [0.29, 0.717) is 73.7 Å². The van der Waals surface area contributed by atoms with E-state index >= 15 is 0 Å². The summed E-state index contributed by atoms with van der Waals surface area (Å²) in [5.74, 6) is 0.329. The molecule has 188 valence electrons. The molecule has 0 aliphatic heterocycles. The zero-order chi connectivity index (χ0) is 25.5. The minimum Gasteiger partial charge on any atom is -0.490 e. The van der Waals surface area contributed by atoms with Crippen LogP contribution in [0.2, 0.25) is 0 Å². The molecule has 1 aromatic heterocycles. The van der Waals surface area contributed by atoms with Crippen LogP contribution in [0.4, 0.5) is 0 Å². The maximum absolute atomic E-state index is 12.5. The Morgan fingerprint density at radius 2 is 1.64 bits per heavy atom. The van der Waals surface area contributed by atoms with E-state index in [-0.39, 0.29) is 23.7 Å². The number of benzene rings is 2. The molecule has 36 heavy (non-hydrogen) atoms. The van der Waals surface area contributed by atoms with Crippen LogP contribution >= 0.6 is 0 Å². The summed E-state index contributed by atoms with van der Waals surface area (Å²) in [6.45, 7) is 2.10. The van der Waals surface area contributed by atoms with E-state index < -0.39 is 5.97 Å². The molecule has 1 fully saturated rings. The minimum atomic E-state index is -0.735. The molecule has 1 aliphatic rings. The van der Waals surface area contributed by atoms with Crippen molar-refractivity contribution in [2.75, 3.05) is 6.54 Å². The lowest BCUT2D eigenvalue weighted by Gasteiger charge is -2.26. The molecule has 9 nitrogen and oxygen atoms in total. The maximum atomic E-state index is 12.5. The van der Waals surface area contributed by atoms with E-state index in [2.05, 4.69) is 15.5 Å². The van der Waals surface area contributed by atoms with Crippen LogP contribution in [0.15, 0.2) is 52.9 Å². The summed E-state index contributed by atoms with van der Waals surface area (Å²) >= 11 is 0. The van der Waals surface area contributed by atoms with E-state index in [1.807, 2.05) is 0 Å². The Kier molecular flexibility index (Phi) is 8.10. The number of ketones is 1. The number of nitrogens with one attached hydrogen (secondary N) is 1. The molecular weight excluding hydrogens is 462 g/mol. The summed E-state index contributed by atoms with van der Waals surface area (Å²) in [5, 5.41) is 19.7. The van der Waals surface area contributed by atoms with E-state index in [0.717, 1.165) is 5.56 Å². The highest BCUT2D eigenvalue weighted by atomic mass is 16.5. The lowest BCUT2D eigenvalue weighted by Crippen LogP contribution is -2.27. The topological polar surface area (TPSA) is 132 Å². The van der Waals surface area contributed by atoms with Gasteiger partial charge in [-0.05, 0) is 80.6 Å². The van der Waals surface area contributed by atoms with Crippen LogP contribution < -0.4 is 10.1 Å². The summed E-state index contributed by atoms with van der Waals surface area (Å²) in [6, 6.07) is 13.9. The number of nitrogens with zero attached hydrogens (tertiary/aromatic N) is 2. The number of carboxylic acids is 1. The number of rotatable bonds is 10. The first-order valence-electron chi connectivity index (χ1n) is 12.1. The highest BCUT2D eigenvalue weighted by Crippen LogP contribution is 2.28. The molecule has 1 aliphatic carbocycles. The van der Waals surface area contributed by atoms with E-state index in [9.17, 15) is 14.4 Å². The molecule has 0 spiro atoms. The Bertz CT molecular complexity index is 1200. The average Bonchev–Trinajstić information content (AvgIpc) is 3.33. The van der Waals surface area contributed by atoms with Gasteiger partial charge < -0.3 is 19.6 Å². The van der Waals surface area contributed by atoms with Crippen molar-refractivity contribution in [1.29, 1.82) is 0 Å². The second kappa shape index (κ2) is 11.6. The van der Waals surface area contributed by atoms with Gasteiger partial charge in [0.1, 0.15) is 5.75 Å². The number of hydrogen-bond donors (Lipinski definition) is 2. The summed E-state index contributed by atoms with van der Waals surface area (Å²) in [7, 11) is 0. The number of aryl methyl sites for hydroxylation is 1. The third-order valence-electron chi connectivity index (χ3n) is 6.29. The van der Waals surface area contributed by atoms with Crippen molar-refractivity contribution in [2.24, 2.45) is 5.92 Å². The van der Waals surface area contributed by atoms with E-state index in [4.69, 9.17) is 14.3 Å². The van der Waals surface area contributed by atoms with Gasteiger partial charge in [0.05, 0.1) is 12.0 Å². The Balaban J connectivity index is 1.17. The van der Waals surface area contributed by atoms with Crippen molar-refractivity contribution in [2.45, 2.75) is 51.6 Å². The molecule has 1 heterocycles. The summed E-state index contributed by atoms with van der Waals surface area (Å²) in [6.07, 6.45) is 3.52. The lowest BCUT2D eigenvalue weighted by atomic mass is 9.87. The van der Waals surface area contributed by atoms with E-state index in [1.165, 1.54) is 0 Å². The second-order valence-electron chi connectivity index (χ2n) is 8.94. The molecule has 0 bridgehead atoms. The molecule has 1 amide bonds. The number of carboxylic acid groups (broad SMARTS) is 1. The average molecular weight is 492 g/mol. The predicted octanol–water partition coefficient (Wildman–Crippen LogP) is 4.46. The van der Waals surface area contributed by atoms with Gasteiger partial charge in [0.15, 0.2) is 5.78 Å². The number of Topliss-reactive ketones (excluding diaryl/α,β-unsaturated/α-hetero) is 1. The fraction of sp³-hybridized carbons (Fsp3) is 0.370. The van der Waals surface area contributed by atoms with Crippen LogP contribution in [-0.2, 0) is 4.79 Å². The fourth-order valence-electron chi connectivity index (χ4n) is 4.21. The molecule has 4 rings (SSSR count). The Morgan fingerprint density at radius 3 is 2.25 bits per heavy atom. The molecule has 1 saturated carbocycles. The largest absolute Gasteiger partial charge is 0.490 e. The molecule has 0 radical (unpaired) electrons. The van der Waals surface area contributed by atoms with Crippen molar-refractivity contribution in [3.8, 4) is 17.2 Å². The highest BCUT2D eigenvalue weighted by molar-refractivity contribution is 5.96. The zero-order valence-corrected chi connectivity index (χ0v) is 20.1. The molecule has 0 unspecified atom stereocenters. The van der Waals surface area contributed by atoms with Crippen LogP contribution in [0.25, 0.3) is 11.5 Å². The monoisotopic (exact) mass is 491 g/mol. The lowest BCUT2D eigenvalue weighted by molar-refractivity contribution is -0.143. The van der Waals surface area contributed by atoms with E-state index in [1.54, 1.807) is 55.5 Å². The molecule has 0 atom stereocenters. The zero-order valence-electron chi connectivity index (χ0n) is 20.1. The predicted molar refractivity (Wildman–Crippen MR) is 131 cm³/mol. The van der Waals surface area contributed by atoms with Crippen LogP contribution in [0, 0.1) is 12.8 Å². The van der Waals surface area contributed by atoms with Crippen LogP contribution in [0.3, 0.4) is 0 Å². The number of aromatic nitrogens is 2. The third-order valence-corrected chi connectivity index (χ3v) is 6.29. The highest BCUT2D eigenvalue weighted by Gasteiger charge is 2.26. The smallest absolute Gasteiger partial charge is 0.306 e. The van der Waals surface area contributed by atoms with Crippen LogP contribution in [0.5, 0.6) is 5.75 Å². The van der Waals surface area contributed by atoms with Crippen molar-refractivity contribution < 1.29 is 28.6 Å². The molecule has 2 aromatic carbocycles. The molecular formula is C27H29N3O6. The van der Waals surface area contributed by atoms with Crippen molar-refractivity contribution >= 4 is 17.7 Å². The maximum Gasteiger partial charge on any atom is 0.306 e. The number of amides is 1. The summed E-state index contributed by atoms with van der Waals surface area (Å²) in [5.41, 5.74) is 1.84. The van der Waals surface area contributed by atoms with Gasteiger partial charge in [-0.2, -0.15) is 0 Å². The third kappa shape index (κ3) is 6.56.